The van der Waals surface area contributed by atoms with Crippen LogP contribution in [0.5, 0.6) is 5.75 Å². The van der Waals surface area contributed by atoms with Crippen molar-refractivity contribution in [1.29, 1.82) is 0 Å². The molecule has 0 radical (unpaired) electrons. The van der Waals surface area contributed by atoms with Crippen LogP contribution in [0.2, 0.25) is 0 Å². The van der Waals surface area contributed by atoms with Gasteiger partial charge in [0.2, 0.25) is 0 Å². The molecule has 30 heavy (non-hydrogen) atoms. The average molecular weight is 406 g/mol. The van der Waals surface area contributed by atoms with E-state index in [-0.39, 0.29) is 12.6 Å². The van der Waals surface area contributed by atoms with Crippen molar-refractivity contribution >= 4 is 11.2 Å². The van der Waals surface area contributed by atoms with Crippen LogP contribution in [0.3, 0.4) is 0 Å². The first-order valence-electron chi connectivity index (χ1n) is 10.2. The SMILES string of the molecule is CC[C@H](CCO)n1cc(C)c2nc(-c3ccc(-n4cccn4)cc3OC)c(C)nc21. The standard InChI is InChI=1S/C23H27N5O2/c1-5-17(9-12-29)27-14-15(2)21-23(27)25-16(3)22(26-21)19-8-7-18(13-20(19)30-4)28-11-6-10-24-28/h6-8,10-11,13-14,17,29H,5,9,12H2,1-4H3/t17-/m1/s1. The lowest BCUT2D eigenvalue weighted by atomic mass is 10.1. The summed E-state index contributed by atoms with van der Waals surface area (Å²) in [7, 11) is 1.66. The second kappa shape index (κ2) is 8.28. The number of fused-ring (bicyclic) bond motifs is 1. The number of aliphatic hydroxyl groups is 1. The fraction of sp³-hybridized carbons (Fsp3) is 0.348. The maximum Gasteiger partial charge on any atom is 0.159 e. The van der Waals surface area contributed by atoms with Gasteiger partial charge in [-0.25, -0.2) is 14.6 Å². The molecule has 7 nitrogen and oxygen atoms in total. The highest BCUT2D eigenvalue weighted by Gasteiger charge is 2.19. The van der Waals surface area contributed by atoms with Gasteiger partial charge in [0.25, 0.3) is 0 Å². The summed E-state index contributed by atoms with van der Waals surface area (Å²) < 4.78 is 9.64. The maximum atomic E-state index is 9.43. The number of benzene rings is 1. The van der Waals surface area contributed by atoms with Gasteiger partial charge in [-0.1, -0.05) is 6.92 Å². The van der Waals surface area contributed by atoms with E-state index in [2.05, 4.69) is 29.7 Å². The largest absolute Gasteiger partial charge is 0.496 e. The van der Waals surface area contributed by atoms with Gasteiger partial charge in [0.1, 0.15) is 11.3 Å². The zero-order valence-electron chi connectivity index (χ0n) is 17.8. The number of nitrogens with zero attached hydrogens (tertiary/aromatic N) is 5. The summed E-state index contributed by atoms with van der Waals surface area (Å²) >= 11 is 0. The van der Waals surface area contributed by atoms with Crippen LogP contribution in [0.25, 0.3) is 28.1 Å². The molecule has 0 aliphatic heterocycles. The second-order valence-corrected chi connectivity index (χ2v) is 7.46. The number of ether oxygens (including phenoxy) is 1. The number of rotatable bonds is 7. The Hall–Kier alpha value is -3.19. The van der Waals surface area contributed by atoms with E-state index in [4.69, 9.17) is 14.7 Å². The van der Waals surface area contributed by atoms with E-state index < -0.39 is 0 Å². The number of methoxy groups -OCH3 is 1. The van der Waals surface area contributed by atoms with Gasteiger partial charge >= 0.3 is 0 Å². The van der Waals surface area contributed by atoms with E-state index in [1.807, 2.05) is 37.4 Å². The van der Waals surface area contributed by atoms with Crippen LogP contribution in [0.15, 0.2) is 42.9 Å². The summed E-state index contributed by atoms with van der Waals surface area (Å²) in [6.07, 6.45) is 7.36. The number of hydrogen-bond donors (Lipinski definition) is 1. The summed E-state index contributed by atoms with van der Waals surface area (Å²) in [5, 5.41) is 13.7. The minimum atomic E-state index is 0.154. The molecule has 0 fully saturated rings. The van der Waals surface area contributed by atoms with Gasteiger partial charge in [-0.05, 0) is 50.5 Å². The predicted molar refractivity (Wildman–Crippen MR) is 117 cm³/mol. The minimum Gasteiger partial charge on any atom is -0.496 e. The third-order valence-electron chi connectivity index (χ3n) is 5.54. The minimum absolute atomic E-state index is 0.154. The maximum absolute atomic E-state index is 9.43. The Kier molecular flexibility index (Phi) is 5.55. The van der Waals surface area contributed by atoms with E-state index >= 15 is 0 Å². The normalized spacial score (nSPS) is 12.4. The Morgan fingerprint density at radius 1 is 1.20 bits per heavy atom. The van der Waals surface area contributed by atoms with Crippen LogP contribution in [-0.4, -0.2) is 43.1 Å². The predicted octanol–water partition coefficient (Wildman–Crippen LogP) is 4.24. The Bertz CT molecular complexity index is 1160. The molecule has 0 amide bonds. The summed E-state index contributed by atoms with van der Waals surface area (Å²) in [5.41, 5.74) is 6.28. The van der Waals surface area contributed by atoms with E-state index in [0.717, 1.165) is 51.5 Å². The lowest BCUT2D eigenvalue weighted by molar-refractivity contribution is 0.256. The van der Waals surface area contributed by atoms with Gasteiger partial charge in [-0.3, -0.25) is 0 Å². The van der Waals surface area contributed by atoms with Gasteiger partial charge in [-0.15, -0.1) is 0 Å². The van der Waals surface area contributed by atoms with Crippen molar-refractivity contribution in [2.75, 3.05) is 13.7 Å². The molecule has 3 heterocycles. The molecule has 4 rings (SSSR count). The Labute approximate surface area is 176 Å². The van der Waals surface area contributed by atoms with Crippen molar-refractivity contribution in [3.63, 3.8) is 0 Å². The van der Waals surface area contributed by atoms with Gasteiger partial charge in [-0.2, -0.15) is 5.10 Å². The molecule has 0 aliphatic carbocycles. The molecule has 0 aliphatic rings. The van der Waals surface area contributed by atoms with Crippen molar-refractivity contribution < 1.29 is 9.84 Å². The highest BCUT2D eigenvalue weighted by Crippen LogP contribution is 2.34. The molecule has 0 spiro atoms. The smallest absolute Gasteiger partial charge is 0.159 e. The molecule has 1 atom stereocenters. The first-order valence-corrected chi connectivity index (χ1v) is 10.2. The number of aromatic nitrogens is 5. The topological polar surface area (TPSA) is 78.0 Å². The summed E-state index contributed by atoms with van der Waals surface area (Å²) in [6.45, 7) is 6.31. The summed E-state index contributed by atoms with van der Waals surface area (Å²) in [6, 6.07) is 8.06. The van der Waals surface area contributed by atoms with Crippen molar-refractivity contribution in [2.24, 2.45) is 0 Å². The van der Waals surface area contributed by atoms with Gasteiger partial charge in [0.15, 0.2) is 5.65 Å². The fourth-order valence-electron chi connectivity index (χ4n) is 3.94. The number of aryl methyl sites for hydroxylation is 2. The number of aliphatic hydroxyl groups excluding tert-OH is 1. The van der Waals surface area contributed by atoms with E-state index in [9.17, 15) is 5.11 Å². The van der Waals surface area contributed by atoms with Gasteiger partial charge in [0.05, 0.1) is 24.2 Å². The molecule has 1 N–H and O–H groups in total. The van der Waals surface area contributed by atoms with Crippen molar-refractivity contribution in [1.82, 2.24) is 24.3 Å². The zero-order valence-corrected chi connectivity index (χ0v) is 17.8. The molecule has 156 valence electrons. The third-order valence-corrected chi connectivity index (χ3v) is 5.54. The van der Waals surface area contributed by atoms with Crippen LogP contribution in [0.1, 0.15) is 37.1 Å². The van der Waals surface area contributed by atoms with Crippen molar-refractivity contribution in [3.05, 3.63) is 54.1 Å². The molecule has 7 heteroatoms. The average Bonchev–Trinajstić information content (AvgIpc) is 3.40. The molecule has 4 aromatic rings. The molecule has 0 bridgehead atoms. The third kappa shape index (κ3) is 3.45. The number of hydrogen-bond acceptors (Lipinski definition) is 5. The second-order valence-electron chi connectivity index (χ2n) is 7.46. The Morgan fingerprint density at radius 3 is 2.70 bits per heavy atom. The van der Waals surface area contributed by atoms with Crippen molar-refractivity contribution in [2.45, 2.75) is 39.7 Å². The lowest BCUT2D eigenvalue weighted by Gasteiger charge is -2.17. The summed E-state index contributed by atoms with van der Waals surface area (Å²) in [5.74, 6) is 0.726. The molecule has 0 saturated heterocycles. The highest BCUT2D eigenvalue weighted by molar-refractivity contribution is 5.81. The van der Waals surface area contributed by atoms with E-state index in [1.54, 1.807) is 18.0 Å². The molecular weight excluding hydrogens is 378 g/mol. The zero-order chi connectivity index (χ0) is 21.3. The quantitative estimate of drug-likeness (QED) is 0.497. The molecule has 0 unspecified atom stereocenters. The monoisotopic (exact) mass is 405 g/mol. The van der Waals surface area contributed by atoms with Crippen molar-refractivity contribution in [3.8, 4) is 22.7 Å². The Morgan fingerprint density at radius 2 is 2.03 bits per heavy atom. The fourth-order valence-corrected chi connectivity index (χ4v) is 3.94. The molecule has 3 aromatic heterocycles. The van der Waals surface area contributed by atoms with Crippen LogP contribution in [-0.2, 0) is 0 Å². The van der Waals surface area contributed by atoms with Gasteiger partial charge in [0, 0.05) is 42.9 Å². The van der Waals surface area contributed by atoms with E-state index in [1.165, 1.54) is 0 Å². The molecular formula is C23H27N5O2. The highest BCUT2D eigenvalue weighted by atomic mass is 16.5. The Balaban J connectivity index is 1.84. The first kappa shape index (κ1) is 20.1. The molecule has 1 aromatic carbocycles. The van der Waals surface area contributed by atoms with Crippen LogP contribution < -0.4 is 4.74 Å². The van der Waals surface area contributed by atoms with E-state index in [0.29, 0.717) is 6.42 Å². The first-order chi connectivity index (χ1) is 14.6. The van der Waals surface area contributed by atoms with Crippen LogP contribution >= 0.6 is 0 Å². The van der Waals surface area contributed by atoms with Crippen LogP contribution in [0, 0.1) is 13.8 Å². The van der Waals surface area contributed by atoms with Gasteiger partial charge < -0.3 is 14.4 Å². The summed E-state index contributed by atoms with van der Waals surface area (Å²) in [4.78, 5) is 9.91. The lowest BCUT2D eigenvalue weighted by Crippen LogP contribution is -2.10. The van der Waals surface area contributed by atoms with Crippen LogP contribution in [0.4, 0.5) is 0 Å². The molecule has 0 saturated carbocycles.